The number of halogens is 2. The van der Waals surface area contributed by atoms with Crippen LogP contribution in [0.3, 0.4) is 0 Å². The molecule has 0 aliphatic carbocycles. The number of hydrogen-bond donors (Lipinski definition) is 1. The maximum Gasteiger partial charge on any atom is 0.262 e. The normalized spacial score (nSPS) is 12.8. The van der Waals surface area contributed by atoms with Crippen LogP contribution in [0, 0.1) is 5.92 Å². The van der Waals surface area contributed by atoms with Gasteiger partial charge in [0.05, 0.1) is 0 Å². The predicted octanol–water partition coefficient (Wildman–Crippen LogP) is 4.05. The molecule has 1 amide bonds. The first kappa shape index (κ1) is 14.2. The van der Waals surface area contributed by atoms with Crippen molar-refractivity contribution in [2.75, 3.05) is 5.33 Å². The van der Waals surface area contributed by atoms with E-state index in [1.165, 1.54) is 11.3 Å². The Bertz CT molecular complexity index is 352. The highest BCUT2D eigenvalue weighted by Crippen LogP contribution is 2.23. The van der Waals surface area contributed by atoms with Crippen LogP contribution >= 0.6 is 43.2 Å². The van der Waals surface area contributed by atoms with E-state index in [4.69, 9.17) is 0 Å². The zero-order valence-corrected chi connectivity index (χ0v) is 13.3. The minimum atomic E-state index is 0.0153. The Kier molecular flexibility index (Phi) is 6.00. The van der Waals surface area contributed by atoms with E-state index in [-0.39, 0.29) is 11.9 Å². The number of rotatable bonds is 5. The fraction of sp³-hybridized carbons (Fsp3) is 0.545. The van der Waals surface area contributed by atoms with Gasteiger partial charge in [-0.2, -0.15) is 0 Å². The van der Waals surface area contributed by atoms with Crippen LogP contribution < -0.4 is 5.32 Å². The van der Waals surface area contributed by atoms with E-state index in [2.05, 4.69) is 51.0 Å². The lowest BCUT2D eigenvalue weighted by molar-refractivity contribution is 0.0928. The predicted molar refractivity (Wildman–Crippen MR) is 76.5 cm³/mol. The molecular formula is C11H15Br2NOS. The summed E-state index contributed by atoms with van der Waals surface area (Å²) in [5.41, 5.74) is 0. The highest BCUT2D eigenvalue weighted by Gasteiger charge is 2.18. The molecule has 0 aliphatic rings. The number of nitrogens with one attached hydrogen (secondary N) is 1. The SMILES string of the molecule is CC(C)C(CCBr)NC(=O)c1sccc1Br. The van der Waals surface area contributed by atoms with E-state index >= 15 is 0 Å². The zero-order valence-electron chi connectivity index (χ0n) is 9.30. The van der Waals surface area contributed by atoms with Crippen molar-refractivity contribution < 1.29 is 4.79 Å². The maximum absolute atomic E-state index is 12.0. The van der Waals surface area contributed by atoms with Crippen LogP contribution in [0.25, 0.3) is 0 Å². The van der Waals surface area contributed by atoms with Crippen molar-refractivity contribution in [1.29, 1.82) is 0 Å². The summed E-state index contributed by atoms with van der Waals surface area (Å²) in [5.74, 6) is 0.460. The van der Waals surface area contributed by atoms with Crippen molar-refractivity contribution >= 4 is 49.1 Å². The quantitative estimate of drug-likeness (QED) is 0.780. The Morgan fingerprint density at radius 2 is 2.25 bits per heavy atom. The molecule has 1 rings (SSSR count). The topological polar surface area (TPSA) is 29.1 Å². The molecule has 0 bridgehead atoms. The lowest BCUT2D eigenvalue weighted by Gasteiger charge is -2.21. The summed E-state index contributed by atoms with van der Waals surface area (Å²) in [6, 6.07) is 2.12. The first-order valence-electron chi connectivity index (χ1n) is 5.16. The van der Waals surface area contributed by atoms with E-state index in [9.17, 15) is 4.79 Å². The van der Waals surface area contributed by atoms with Gasteiger partial charge in [-0.15, -0.1) is 11.3 Å². The summed E-state index contributed by atoms with van der Waals surface area (Å²) < 4.78 is 0.872. The minimum absolute atomic E-state index is 0.0153. The van der Waals surface area contributed by atoms with Crippen molar-refractivity contribution in [2.24, 2.45) is 5.92 Å². The Balaban J connectivity index is 2.65. The second-order valence-corrected chi connectivity index (χ2v) is 6.46. The first-order chi connectivity index (χ1) is 7.56. The van der Waals surface area contributed by atoms with Gasteiger partial charge >= 0.3 is 0 Å². The maximum atomic E-state index is 12.0. The van der Waals surface area contributed by atoms with Gasteiger partial charge in [0.2, 0.25) is 0 Å². The van der Waals surface area contributed by atoms with E-state index in [0.29, 0.717) is 5.92 Å². The fourth-order valence-corrected chi connectivity index (χ4v) is 3.33. The van der Waals surface area contributed by atoms with Crippen LogP contribution in [0.4, 0.5) is 0 Å². The summed E-state index contributed by atoms with van der Waals surface area (Å²) in [6.45, 7) is 4.24. The van der Waals surface area contributed by atoms with Crippen LogP contribution in [-0.2, 0) is 0 Å². The molecule has 5 heteroatoms. The van der Waals surface area contributed by atoms with Crippen LogP contribution in [0.5, 0.6) is 0 Å². The molecule has 1 heterocycles. The highest BCUT2D eigenvalue weighted by molar-refractivity contribution is 9.10. The molecule has 0 aromatic carbocycles. The van der Waals surface area contributed by atoms with Crippen molar-refractivity contribution in [1.82, 2.24) is 5.32 Å². The Labute approximate surface area is 117 Å². The van der Waals surface area contributed by atoms with E-state index in [1.54, 1.807) is 0 Å². The number of alkyl halides is 1. The molecule has 1 N–H and O–H groups in total. The lowest BCUT2D eigenvalue weighted by atomic mass is 10.0. The van der Waals surface area contributed by atoms with Gasteiger partial charge in [-0.05, 0) is 39.7 Å². The van der Waals surface area contributed by atoms with E-state index in [1.807, 2.05) is 11.4 Å². The van der Waals surface area contributed by atoms with Gasteiger partial charge < -0.3 is 5.32 Å². The molecular weight excluding hydrogens is 354 g/mol. The summed E-state index contributed by atoms with van der Waals surface area (Å²) in [4.78, 5) is 12.7. The molecule has 0 radical (unpaired) electrons. The second-order valence-electron chi connectivity index (χ2n) is 3.90. The molecule has 1 aromatic heterocycles. The van der Waals surface area contributed by atoms with Gasteiger partial charge in [0.25, 0.3) is 5.91 Å². The number of thiophene rings is 1. The van der Waals surface area contributed by atoms with Gasteiger partial charge in [0.1, 0.15) is 4.88 Å². The van der Waals surface area contributed by atoms with Crippen molar-refractivity contribution in [3.8, 4) is 0 Å². The Hall–Kier alpha value is 0.130. The number of amides is 1. The molecule has 0 spiro atoms. The molecule has 0 aliphatic heterocycles. The molecule has 90 valence electrons. The summed E-state index contributed by atoms with van der Waals surface area (Å²) >= 11 is 8.25. The van der Waals surface area contributed by atoms with Crippen LogP contribution in [0.15, 0.2) is 15.9 Å². The van der Waals surface area contributed by atoms with Crippen LogP contribution in [0.2, 0.25) is 0 Å². The van der Waals surface area contributed by atoms with Crippen molar-refractivity contribution in [2.45, 2.75) is 26.3 Å². The van der Waals surface area contributed by atoms with Gasteiger partial charge in [-0.25, -0.2) is 0 Å². The third-order valence-corrected chi connectivity index (χ3v) is 4.66. The summed E-state index contributed by atoms with van der Waals surface area (Å²) in [7, 11) is 0. The Morgan fingerprint density at radius 1 is 1.56 bits per heavy atom. The van der Waals surface area contributed by atoms with Gasteiger partial charge in [-0.1, -0.05) is 29.8 Å². The third-order valence-electron chi connectivity index (χ3n) is 2.36. The summed E-state index contributed by atoms with van der Waals surface area (Å²) in [6.07, 6.45) is 0.951. The third kappa shape index (κ3) is 3.86. The smallest absolute Gasteiger partial charge is 0.262 e. The lowest BCUT2D eigenvalue weighted by Crippen LogP contribution is -2.38. The monoisotopic (exact) mass is 367 g/mol. The van der Waals surface area contributed by atoms with Gasteiger partial charge in [0.15, 0.2) is 0 Å². The second kappa shape index (κ2) is 6.77. The number of carbonyl (C=O) groups is 1. The molecule has 1 unspecified atom stereocenters. The van der Waals surface area contributed by atoms with E-state index in [0.717, 1.165) is 21.1 Å². The number of carbonyl (C=O) groups excluding carboxylic acids is 1. The standard InChI is InChI=1S/C11H15Br2NOS/c1-7(2)9(3-5-12)14-11(15)10-8(13)4-6-16-10/h4,6-7,9H,3,5H2,1-2H3,(H,14,15). The molecule has 2 nitrogen and oxygen atoms in total. The average molecular weight is 369 g/mol. The van der Waals surface area contributed by atoms with Crippen molar-refractivity contribution in [3.05, 3.63) is 20.8 Å². The minimum Gasteiger partial charge on any atom is -0.348 e. The Morgan fingerprint density at radius 3 is 2.69 bits per heavy atom. The largest absolute Gasteiger partial charge is 0.348 e. The molecule has 0 saturated carbocycles. The van der Waals surface area contributed by atoms with Crippen LogP contribution in [0.1, 0.15) is 29.9 Å². The molecule has 0 fully saturated rings. The molecule has 1 aromatic rings. The average Bonchev–Trinajstić information content (AvgIpc) is 2.63. The van der Waals surface area contributed by atoms with Crippen LogP contribution in [-0.4, -0.2) is 17.3 Å². The summed E-state index contributed by atoms with van der Waals surface area (Å²) in [5, 5.41) is 5.89. The number of hydrogen-bond acceptors (Lipinski definition) is 2. The fourth-order valence-electron chi connectivity index (χ4n) is 1.38. The van der Waals surface area contributed by atoms with E-state index < -0.39 is 0 Å². The van der Waals surface area contributed by atoms with Gasteiger partial charge in [0, 0.05) is 15.8 Å². The van der Waals surface area contributed by atoms with Gasteiger partial charge in [-0.3, -0.25) is 4.79 Å². The molecule has 16 heavy (non-hydrogen) atoms. The van der Waals surface area contributed by atoms with Crippen molar-refractivity contribution in [3.63, 3.8) is 0 Å². The molecule has 0 saturated heterocycles. The highest BCUT2D eigenvalue weighted by atomic mass is 79.9. The zero-order chi connectivity index (χ0) is 12.1. The molecule has 1 atom stereocenters. The first-order valence-corrected chi connectivity index (χ1v) is 7.95.